The highest BCUT2D eigenvalue weighted by Crippen LogP contribution is 2.31. The Bertz CT molecular complexity index is 892. The number of carboxylic acids is 2. The molecular weight excluding hydrogens is 390 g/mol. The summed E-state index contributed by atoms with van der Waals surface area (Å²) in [5.41, 5.74) is -2.75. The van der Waals surface area contributed by atoms with Gasteiger partial charge >= 0.3 is 11.9 Å². The summed E-state index contributed by atoms with van der Waals surface area (Å²) >= 11 is 3.36. The Morgan fingerprint density at radius 2 is 1.68 bits per heavy atom. The van der Waals surface area contributed by atoms with Crippen LogP contribution in [0.2, 0.25) is 0 Å². The van der Waals surface area contributed by atoms with Gasteiger partial charge in [0, 0.05) is 16.5 Å². The normalized spacial score (nSPS) is 13.2. The molecule has 1 atom stereocenters. The Morgan fingerprint density at radius 3 is 2.24 bits per heavy atom. The predicted molar refractivity (Wildman–Crippen MR) is 96.3 cm³/mol. The Labute approximate surface area is 152 Å². The van der Waals surface area contributed by atoms with E-state index >= 15 is 0 Å². The van der Waals surface area contributed by atoms with Gasteiger partial charge in [0.05, 0.1) is 0 Å². The Morgan fingerprint density at radius 1 is 1.08 bits per heavy atom. The lowest BCUT2D eigenvalue weighted by Gasteiger charge is -2.26. The highest BCUT2D eigenvalue weighted by atomic mass is 79.9. The van der Waals surface area contributed by atoms with Crippen molar-refractivity contribution in [3.8, 4) is 0 Å². The van der Waals surface area contributed by atoms with E-state index < -0.39 is 35.3 Å². The molecule has 0 fully saturated rings. The van der Waals surface area contributed by atoms with E-state index in [-0.39, 0.29) is 12.0 Å². The van der Waals surface area contributed by atoms with E-state index in [0.717, 1.165) is 15.2 Å². The van der Waals surface area contributed by atoms with Crippen LogP contribution in [-0.2, 0) is 9.59 Å². The van der Waals surface area contributed by atoms with Crippen molar-refractivity contribution in [3.05, 3.63) is 46.4 Å². The summed E-state index contributed by atoms with van der Waals surface area (Å²) in [6.07, 6.45) is -0.744. The van der Waals surface area contributed by atoms with Crippen molar-refractivity contribution in [1.29, 1.82) is 5.41 Å². The molecule has 0 aliphatic carbocycles. The second-order valence-corrected chi connectivity index (χ2v) is 6.64. The Balaban J connectivity index is 2.41. The third-order valence-corrected chi connectivity index (χ3v) is 4.79. The molecule has 0 radical (unpaired) electrons. The van der Waals surface area contributed by atoms with Crippen LogP contribution in [0.25, 0.3) is 10.8 Å². The maximum atomic E-state index is 12.6. The van der Waals surface area contributed by atoms with Crippen molar-refractivity contribution in [2.24, 2.45) is 5.41 Å². The zero-order valence-electron chi connectivity index (χ0n) is 13.4. The second kappa shape index (κ2) is 7.14. The standard InChI is InChI=1S/C18H16BrNO5/c1-2-18(17(24)25,15(20)16(22)23)9-14(21)12-4-3-11-8-13(19)6-5-10(11)7-12/h3-8,20H,2,9H2,1H3,(H,22,23)(H,24,25). The van der Waals surface area contributed by atoms with Crippen molar-refractivity contribution in [3.63, 3.8) is 0 Å². The number of ketones is 1. The van der Waals surface area contributed by atoms with Gasteiger partial charge in [-0.3, -0.25) is 15.0 Å². The van der Waals surface area contributed by atoms with Crippen LogP contribution in [0.1, 0.15) is 30.1 Å². The summed E-state index contributed by atoms with van der Waals surface area (Å²) in [6.45, 7) is 1.46. The number of carboxylic acid groups (broad SMARTS) is 2. The smallest absolute Gasteiger partial charge is 0.350 e. The lowest BCUT2D eigenvalue weighted by Crippen LogP contribution is -2.44. The highest BCUT2D eigenvalue weighted by molar-refractivity contribution is 9.10. The van der Waals surface area contributed by atoms with E-state index in [9.17, 15) is 19.5 Å². The molecule has 0 aliphatic rings. The van der Waals surface area contributed by atoms with Crippen molar-refractivity contribution < 1.29 is 24.6 Å². The predicted octanol–water partition coefficient (Wildman–Crippen LogP) is 3.76. The van der Waals surface area contributed by atoms with E-state index in [4.69, 9.17) is 10.5 Å². The van der Waals surface area contributed by atoms with Crippen molar-refractivity contribution in [2.75, 3.05) is 0 Å². The molecule has 0 aliphatic heterocycles. The van der Waals surface area contributed by atoms with Gasteiger partial charge < -0.3 is 10.2 Å². The molecular formula is C18H16BrNO5. The number of hydrogen-bond donors (Lipinski definition) is 3. The Kier molecular flexibility index (Phi) is 5.37. The minimum Gasteiger partial charge on any atom is -0.481 e. The number of carbonyl (C=O) groups excluding carboxylic acids is 1. The second-order valence-electron chi connectivity index (χ2n) is 5.73. The van der Waals surface area contributed by atoms with Gasteiger partial charge in [0.15, 0.2) is 5.78 Å². The van der Waals surface area contributed by atoms with E-state index in [1.807, 2.05) is 18.2 Å². The number of nitrogens with one attached hydrogen (secondary N) is 1. The maximum absolute atomic E-state index is 12.6. The quantitative estimate of drug-likeness (QED) is 0.478. The molecule has 1 unspecified atom stereocenters. The molecule has 0 amide bonds. The van der Waals surface area contributed by atoms with Gasteiger partial charge in [0.2, 0.25) is 0 Å². The Hall–Kier alpha value is -2.54. The number of rotatable bonds is 7. The van der Waals surface area contributed by atoms with Crippen LogP contribution in [-0.4, -0.2) is 33.6 Å². The summed E-state index contributed by atoms with van der Waals surface area (Å²) in [5.74, 6) is -3.64. The molecule has 0 heterocycles. The van der Waals surface area contributed by atoms with Crippen LogP contribution >= 0.6 is 15.9 Å². The molecule has 0 bridgehead atoms. The topological polar surface area (TPSA) is 116 Å². The monoisotopic (exact) mass is 405 g/mol. The molecule has 6 nitrogen and oxygen atoms in total. The first kappa shape index (κ1) is 18.8. The molecule has 2 aromatic carbocycles. The fourth-order valence-corrected chi connectivity index (χ4v) is 3.07. The minimum absolute atomic E-state index is 0.167. The first-order chi connectivity index (χ1) is 11.7. The number of carbonyl (C=O) groups is 3. The third-order valence-electron chi connectivity index (χ3n) is 4.29. The van der Waals surface area contributed by atoms with Gasteiger partial charge in [-0.2, -0.15) is 0 Å². The number of aliphatic carboxylic acids is 2. The van der Waals surface area contributed by atoms with Crippen LogP contribution in [0.15, 0.2) is 40.9 Å². The maximum Gasteiger partial charge on any atom is 0.350 e. The molecule has 130 valence electrons. The van der Waals surface area contributed by atoms with E-state index in [2.05, 4.69) is 15.9 Å². The summed E-state index contributed by atoms with van der Waals surface area (Å²) in [6, 6.07) is 10.5. The SMILES string of the molecule is CCC(CC(=O)c1ccc2cc(Br)ccc2c1)(C(=N)C(=O)O)C(=O)O. The van der Waals surface area contributed by atoms with E-state index in [1.54, 1.807) is 18.2 Å². The molecule has 3 N–H and O–H groups in total. The lowest BCUT2D eigenvalue weighted by molar-refractivity contribution is -0.146. The van der Waals surface area contributed by atoms with E-state index in [0.29, 0.717) is 0 Å². The zero-order chi connectivity index (χ0) is 18.8. The molecule has 7 heteroatoms. The summed E-state index contributed by atoms with van der Waals surface area (Å²) < 4.78 is 0.893. The van der Waals surface area contributed by atoms with Gasteiger partial charge in [-0.1, -0.05) is 41.1 Å². The van der Waals surface area contributed by atoms with Crippen molar-refractivity contribution in [1.82, 2.24) is 0 Å². The lowest BCUT2D eigenvalue weighted by atomic mass is 9.75. The number of hydrogen-bond acceptors (Lipinski definition) is 4. The van der Waals surface area contributed by atoms with Crippen LogP contribution in [0, 0.1) is 10.8 Å². The molecule has 2 rings (SSSR count). The first-order valence-electron chi connectivity index (χ1n) is 7.49. The molecule has 2 aromatic rings. The largest absolute Gasteiger partial charge is 0.481 e. The van der Waals surface area contributed by atoms with Gasteiger partial charge in [-0.15, -0.1) is 0 Å². The highest BCUT2D eigenvalue weighted by Gasteiger charge is 2.46. The third kappa shape index (κ3) is 3.61. The minimum atomic E-state index is -2.04. The molecule has 0 saturated heterocycles. The number of halogens is 1. The average molecular weight is 406 g/mol. The van der Waals surface area contributed by atoms with Gasteiger partial charge in [-0.05, 0) is 35.4 Å². The van der Waals surface area contributed by atoms with Crippen LogP contribution in [0.4, 0.5) is 0 Å². The van der Waals surface area contributed by atoms with Gasteiger partial charge in [-0.25, -0.2) is 4.79 Å². The summed E-state index contributed by atoms with van der Waals surface area (Å²) in [7, 11) is 0. The van der Waals surface area contributed by atoms with E-state index in [1.165, 1.54) is 6.92 Å². The molecule has 25 heavy (non-hydrogen) atoms. The van der Waals surface area contributed by atoms with Crippen molar-refractivity contribution >= 4 is 50.1 Å². The number of fused-ring (bicyclic) bond motifs is 1. The van der Waals surface area contributed by atoms with Crippen molar-refractivity contribution in [2.45, 2.75) is 19.8 Å². The fraction of sp³-hybridized carbons (Fsp3) is 0.222. The fourth-order valence-electron chi connectivity index (χ4n) is 2.69. The van der Waals surface area contributed by atoms with Gasteiger partial charge in [0.1, 0.15) is 11.1 Å². The molecule has 0 spiro atoms. The van der Waals surface area contributed by atoms with Crippen LogP contribution in [0.3, 0.4) is 0 Å². The first-order valence-corrected chi connectivity index (χ1v) is 8.29. The molecule has 0 saturated carbocycles. The van der Waals surface area contributed by atoms with Crippen LogP contribution in [0.5, 0.6) is 0 Å². The molecule has 0 aromatic heterocycles. The average Bonchev–Trinajstić information content (AvgIpc) is 2.57. The number of Topliss-reactive ketones (excluding diaryl/α,β-unsaturated/α-hetero) is 1. The zero-order valence-corrected chi connectivity index (χ0v) is 15.0. The van der Waals surface area contributed by atoms with Gasteiger partial charge in [0.25, 0.3) is 0 Å². The van der Waals surface area contributed by atoms with Crippen LogP contribution < -0.4 is 0 Å². The summed E-state index contributed by atoms with van der Waals surface area (Å²) in [4.78, 5) is 35.4. The summed E-state index contributed by atoms with van der Waals surface area (Å²) in [5, 5.41) is 27.9. The number of benzene rings is 2.